The highest BCUT2D eigenvalue weighted by molar-refractivity contribution is 7.21. The molecule has 2 aromatic carbocycles. The molecule has 138 valence electrons. The number of halogens is 1. The number of thiophene rings is 1. The number of carbonyl (C=O) groups is 1. The smallest absolute Gasteiger partial charge is 0.270 e. The summed E-state index contributed by atoms with van der Waals surface area (Å²) in [4.78, 5) is 18.7. The van der Waals surface area contributed by atoms with Crippen LogP contribution < -0.4 is 4.90 Å². The van der Waals surface area contributed by atoms with Crippen molar-refractivity contribution in [2.24, 2.45) is 0 Å². The lowest BCUT2D eigenvalue weighted by atomic mass is 9.89. The standard InChI is InChI=1S/C22H21ClN2OS/c1-13-7-8-17-15(11-13)16-12-24(2)10-9-18(16)25(17)22(26)21-20(23)14-5-3-4-6-19(14)27-21/h3-8,11,16,18H,9-10,12H2,1-2H3/t16-,18+/m0/s1. The van der Waals surface area contributed by atoms with E-state index in [-0.39, 0.29) is 11.9 Å². The molecule has 1 aromatic heterocycles. The molecule has 0 bridgehead atoms. The van der Waals surface area contributed by atoms with E-state index in [0.29, 0.717) is 15.8 Å². The van der Waals surface area contributed by atoms with Crippen molar-refractivity contribution in [1.29, 1.82) is 0 Å². The maximum absolute atomic E-state index is 13.7. The van der Waals surface area contributed by atoms with E-state index in [9.17, 15) is 4.79 Å². The Balaban J connectivity index is 1.63. The second kappa shape index (κ2) is 6.33. The molecule has 5 heteroatoms. The van der Waals surface area contributed by atoms with E-state index in [1.54, 1.807) is 0 Å². The third-order valence-corrected chi connectivity index (χ3v) is 7.56. The number of nitrogens with zero attached hydrogens (tertiary/aromatic N) is 2. The van der Waals surface area contributed by atoms with Gasteiger partial charge in [0.1, 0.15) is 4.88 Å². The summed E-state index contributed by atoms with van der Waals surface area (Å²) in [5, 5.41) is 1.56. The van der Waals surface area contributed by atoms with Gasteiger partial charge in [0, 0.05) is 34.3 Å². The maximum Gasteiger partial charge on any atom is 0.270 e. The van der Waals surface area contributed by atoms with Crippen molar-refractivity contribution in [1.82, 2.24) is 4.90 Å². The summed E-state index contributed by atoms with van der Waals surface area (Å²) in [7, 11) is 2.17. The minimum atomic E-state index is 0.0448. The van der Waals surface area contributed by atoms with Gasteiger partial charge in [-0.25, -0.2) is 0 Å². The van der Waals surface area contributed by atoms with Crippen molar-refractivity contribution in [3.8, 4) is 0 Å². The Labute approximate surface area is 168 Å². The second-order valence-electron chi connectivity index (χ2n) is 7.70. The van der Waals surface area contributed by atoms with Crippen molar-refractivity contribution in [2.75, 3.05) is 25.0 Å². The molecule has 2 aliphatic rings. The summed E-state index contributed by atoms with van der Waals surface area (Å²) in [6.07, 6.45) is 0.989. The van der Waals surface area contributed by atoms with E-state index in [4.69, 9.17) is 11.6 Å². The fourth-order valence-corrected chi connectivity index (χ4v) is 6.06. The number of amides is 1. The molecular weight excluding hydrogens is 376 g/mol. The zero-order valence-corrected chi connectivity index (χ0v) is 17.0. The Hall–Kier alpha value is -1.88. The SMILES string of the molecule is Cc1ccc2c(c1)[C@@H]1CN(C)CC[C@H]1N2C(=O)c1sc2ccccc2c1Cl. The molecule has 0 spiro atoms. The van der Waals surface area contributed by atoms with Crippen LogP contribution >= 0.6 is 22.9 Å². The number of hydrogen-bond acceptors (Lipinski definition) is 3. The number of likely N-dealkylation sites (tertiary alicyclic amines) is 1. The van der Waals surface area contributed by atoms with Gasteiger partial charge in [-0.1, -0.05) is 47.5 Å². The average molecular weight is 397 g/mol. The molecule has 0 aliphatic carbocycles. The van der Waals surface area contributed by atoms with Crippen LogP contribution in [0.1, 0.15) is 33.1 Å². The number of fused-ring (bicyclic) bond motifs is 4. The van der Waals surface area contributed by atoms with Gasteiger partial charge in [-0.05, 0) is 44.6 Å². The lowest BCUT2D eigenvalue weighted by Gasteiger charge is -2.36. The highest BCUT2D eigenvalue weighted by Gasteiger charge is 2.44. The van der Waals surface area contributed by atoms with Crippen LogP contribution in [0.3, 0.4) is 0 Å². The predicted molar refractivity (Wildman–Crippen MR) is 113 cm³/mol. The van der Waals surface area contributed by atoms with Gasteiger partial charge < -0.3 is 9.80 Å². The van der Waals surface area contributed by atoms with Crippen LogP contribution in [0.2, 0.25) is 5.02 Å². The van der Waals surface area contributed by atoms with Crippen molar-refractivity contribution in [2.45, 2.75) is 25.3 Å². The topological polar surface area (TPSA) is 23.6 Å². The number of rotatable bonds is 1. The Kier molecular flexibility index (Phi) is 4.04. The summed E-state index contributed by atoms with van der Waals surface area (Å²) in [6, 6.07) is 14.7. The van der Waals surface area contributed by atoms with Gasteiger partial charge in [0.2, 0.25) is 0 Å². The quantitative estimate of drug-likeness (QED) is 0.556. The largest absolute Gasteiger partial charge is 0.306 e. The van der Waals surface area contributed by atoms with Crippen molar-refractivity contribution < 1.29 is 4.79 Å². The molecule has 0 unspecified atom stereocenters. The molecule has 2 atom stereocenters. The Morgan fingerprint density at radius 3 is 2.85 bits per heavy atom. The molecule has 1 amide bonds. The van der Waals surface area contributed by atoms with E-state index in [0.717, 1.165) is 35.3 Å². The van der Waals surface area contributed by atoms with E-state index in [1.807, 2.05) is 29.2 Å². The van der Waals surface area contributed by atoms with Gasteiger partial charge >= 0.3 is 0 Å². The van der Waals surface area contributed by atoms with E-state index in [1.165, 1.54) is 22.5 Å². The number of hydrogen-bond donors (Lipinski definition) is 0. The first-order chi connectivity index (χ1) is 13.0. The Morgan fingerprint density at radius 1 is 1.22 bits per heavy atom. The van der Waals surface area contributed by atoms with Crippen molar-refractivity contribution in [3.05, 3.63) is 63.5 Å². The fourth-order valence-electron chi connectivity index (χ4n) is 4.61. The first-order valence-corrected chi connectivity index (χ1v) is 10.5. The van der Waals surface area contributed by atoms with Crippen LogP contribution in [-0.2, 0) is 0 Å². The molecule has 3 aromatic rings. The Bertz CT molecular complexity index is 1060. The zero-order valence-electron chi connectivity index (χ0n) is 15.4. The van der Waals surface area contributed by atoms with Crippen LogP contribution in [0.4, 0.5) is 5.69 Å². The number of benzene rings is 2. The fraction of sp³-hybridized carbons (Fsp3) is 0.318. The van der Waals surface area contributed by atoms with E-state index in [2.05, 4.69) is 37.1 Å². The lowest BCUT2D eigenvalue weighted by Crippen LogP contribution is -2.47. The molecule has 1 fully saturated rings. The first kappa shape index (κ1) is 17.2. The number of aryl methyl sites for hydroxylation is 1. The predicted octanol–water partition coefficient (Wildman–Crippen LogP) is 5.31. The lowest BCUT2D eigenvalue weighted by molar-refractivity contribution is 0.0969. The van der Waals surface area contributed by atoms with Gasteiger partial charge in [0.05, 0.1) is 5.02 Å². The van der Waals surface area contributed by atoms with E-state index < -0.39 is 0 Å². The number of likely N-dealkylation sites (N-methyl/N-ethyl adjacent to an activating group) is 1. The highest BCUT2D eigenvalue weighted by Crippen LogP contribution is 2.47. The summed E-state index contributed by atoms with van der Waals surface area (Å²) >= 11 is 8.14. The third-order valence-electron chi connectivity index (χ3n) is 5.90. The van der Waals surface area contributed by atoms with Crippen LogP contribution in [-0.4, -0.2) is 37.0 Å². The summed E-state index contributed by atoms with van der Waals surface area (Å²) in [6.45, 7) is 4.12. The average Bonchev–Trinajstić information content (AvgIpc) is 3.16. The first-order valence-electron chi connectivity index (χ1n) is 9.34. The highest BCUT2D eigenvalue weighted by atomic mass is 35.5. The van der Waals surface area contributed by atoms with Crippen LogP contribution in [0.15, 0.2) is 42.5 Å². The Morgan fingerprint density at radius 2 is 2.04 bits per heavy atom. The van der Waals surface area contributed by atoms with Crippen LogP contribution in [0.25, 0.3) is 10.1 Å². The van der Waals surface area contributed by atoms with Gasteiger partial charge in [-0.2, -0.15) is 0 Å². The monoisotopic (exact) mass is 396 g/mol. The summed E-state index contributed by atoms with van der Waals surface area (Å²) in [5.74, 6) is 0.416. The number of anilines is 1. The van der Waals surface area contributed by atoms with Crippen LogP contribution in [0, 0.1) is 6.92 Å². The minimum Gasteiger partial charge on any atom is -0.306 e. The number of piperidine rings is 1. The molecule has 27 heavy (non-hydrogen) atoms. The minimum absolute atomic E-state index is 0.0448. The normalized spacial score (nSPS) is 22.1. The van der Waals surface area contributed by atoms with Crippen molar-refractivity contribution >= 4 is 44.6 Å². The molecule has 0 saturated carbocycles. The third kappa shape index (κ3) is 2.62. The van der Waals surface area contributed by atoms with Gasteiger partial charge in [0.25, 0.3) is 5.91 Å². The van der Waals surface area contributed by atoms with Gasteiger partial charge in [-0.15, -0.1) is 11.3 Å². The molecule has 0 N–H and O–H groups in total. The molecule has 3 heterocycles. The number of carbonyl (C=O) groups excluding carboxylic acids is 1. The van der Waals surface area contributed by atoms with E-state index >= 15 is 0 Å². The van der Waals surface area contributed by atoms with Gasteiger partial charge in [0.15, 0.2) is 0 Å². The summed E-state index contributed by atoms with van der Waals surface area (Å²) in [5.41, 5.74) is 3.61. The molecule has 1 saturated heterocycles. The molecule has 2 aliphatic heterocycles. The molecular formula is C22H21ClN2OS. The molecule has 3 nitrogen and oxygen atoms in total. The molecule has 5 rings (SSSR count). The van der Waals surface area contributed by atoms with Crippen molar-refractivity contribution in [3.63, 3.8) is 0 Å². The second-order valence-corrected chi connectivity index (χ2v) is 9.13. The van der Waals surface area contributed by atoms with Gasteiger partial charge in [-0.3, -0.25) is 4.79 Å². The zero-order chi connectivity index (χ0) is 18.7. The van der Waals surface area contributed by atoms with Crippen LogP contribution in [0.5, 0.6) is 0 Å². The molecule has 0 radical (unpaired) electrons. The summed E-state index contributed by atoms with van der Waals surface area (Å²) < 4.78 is 1.06. The maximum atomic E-state index is 13.7.